The van der Waals surface area contributed by atoms with Crippen molar-refractivity contribution < 1.29 is 17.2 Å². The molecule has 0 atom stereocenters. The summed E-state index contributed by atoms with van der Waals surface area (Å²) in [6, 6.07) is 10.2. The molecule has 2 aromatic rings. The van der Waals surface area contributed by atoms with Crippen molar-refractivity contribution in [1.29, 1.82) is 0 Å². The number of benzene rings is 2. The fraction of sp³-hybridized carbons (Fsp3) is 0.176. The molecular weight excluding hydrogens is 306 g/mol. The lowest BCUT2D eigenvalue weighted by atomic mass is 9.97. The van der Waals surface area contributed by atoms with Gasteiger partial charge in [0.25, 0.3) is 0 Å². The molecule has 2 rings (SSSR count). The smallest absolute Gasteiger partial charge is 0.175 e. The van der Waals surface area contributed by atoms with Gasteiger partial charge in [0.2, 0.25) is 0 Å². The van der Waals surface area contributed by atoms with Crippen molar-refractivity contribution >= 4 is 21.0 Å². The summed E-state index contributed by atoms with van der Waals surface area (Å²) < 4.78 is 49.2. The van der Waals surface area contributed by atoms with Gasteiger partial charge in [-0.3, -0.25) is 0 Å². The molecule has 0 N–H and O–H groups in total. The maximum Gasteiger partial charge on any atom is 0.175 e. The van der Waals surface area contributed by atoms with Gasteiger partial charge in [0.15, 0.2) is 21.5 Å². The minimum absolute atomic E-state index is 0.245. The molecule has 0 aliphatic carbocycles. The molecule has 0 bridgehead atoms. The van der Waals surface area contributed by atoms with Gasteiger partial charge in [-0.25, -0.2) is 17.2 Å². The van der Waals surface area contributed by atoms with Crippen LogP contribution in [0.4, 0.5) is 8.78 Å². The lowest BCUT2D eigenvalue weighted by Crippen LogP contribution is -1.97. The van der Waals surface area contributed by atoms with Crippen molar-refractivity contribution in [2.75, 3.05) is 6.26 Å². The van der Waals surface area contributed by atoms with E-state index in [1.54, 1.807) is 12.1 Å². The van der Waals surface area contributed by atoms with Crippen LogP contribution in [0.25, 0.3) is 11.1 Å². The third-order valence-electron chi connectivity index (χ3n) is 3.63. The number of rotatable bonds is 3. The Balaban J connectivity index is 2.44. The standard InChI is InChI=1S/C17H16F2O2S/c1-11(12(2)14-6-9-16(18)17(19)10-14)13-4-7-15(8-5-13)22(3,20)21/h4-10H,1-3H3. The molecule has 0 unspecified atom stereocenters. The largest absolute Gasteiger partial charge is 0.224 e. The van der Waals surface area contributed by atoms with Crippen LogP contribution in [-0.2, 0) is 9.84 Å². The van der Waals surface area contributed by atoms with Crippen LogP contribution in [0.1, 0.15) is 25.0 Å². The third-order valence-corrected chi connectivity index (χ3v) is 4.76. The van der Waals surface area contributed by atoms with E-state index < -0.39 is 21.5 Å². The summed E-state index contributed by atoms with van der Waals surface area (Å²) >= 11 is 0. The van der Waals surface area contributed by atoms with E-state index in [0.29, 0.717) is 5.56 Å². The molecule has 0 heterocycles. The first-order chi connectivity index (χ1) is 10.2. The van der Waals surface area contributed by atoms with Gasteiger partial charge in [-0.2, -0.15) is 0 Å². The monoisotopic (exact) mass is 322 g/mol. The van der Waals surface area contributed by atoms with Crippen LogP contribution in [0.2, 0.25) is 0 Å². The minimum Gasteiger partial charge on any atom is -0.224 e. The van der Waals surface area contributed by atoms with Crippen molar-refractivity contribution in [3.63, 3.8) is 0 Å². The molecule has 22 heavy (non-hydrogen) atoms. The molecule has 0 saturated carbocycles. The molecule has 0 saturated heterocycles. The third kappa shape index (κ3) is 3.42. The Hall–Kier alpha value is -2.01. The second kappa shape index (κ2) is 6.01. The maximum absolute atomic E-state index is 13.3. The average Bonchev–Trinajstić information content (AvgIpc) is 2.48. The normalized spacial score (nSPS) is 13.0. The van der Waals surface area contributed by atoms with E-state index in [4.69, 9.17) is 0 Å². The van der Waals surface area contributed by atoms with Gasteiger partial charge in [0.1, 0.15) is 0 Å². The second-order valence-corrected chi connectivity index (χ2v) is 7.19. The highest BCUT2D eigenvalue weighted by atomic mass is 32.2. The molecule has 0 aliphatic heterocycles. The zero-order valence-corrected chi connectivity index (χ0v) is 13.3. The molecule has 116 valence electrons. The SMILES string of the molecule is CC(=C(C)c1ccc(F)c(F)c1)c1ccc(S(C)(=O)=O)cc1. The Kier molecular flexibility index (Phi) is 4.47. The minimum atomic E-state index is -3.24. The molecule has 0 radical (unpaired) electrons. The predicted molar refractivity (Wildman–Crippen MR) is 84.1 cm³/mol. The van der Waals surface area contributed by atoms with E-state index in [0.717, 1.165) is 35.1 Å². The number of allylic oxidation sites excluding steroid dienone is 2. The fourth-order valence-electron chi connectivity index (χ4n) is 2.11. The van der Waals surface area contributed by atoms with Gasteiger partial charge in [0, 0.05) is 6.26 Å². The Morgan fingerprint density at radius 2 is 1.32 bits per heavy atom. The first kappa shape index (κ1) is 16.4. The fourth-order valence-corrected chi connectivity index (χ4v) is 2.75. The van der Waals surface area contributed by atoms with Crippen LogP contribution in [0.3, 0.4) is 0 Å². The highest BCUT2D eigenvalue weighted by molar-refractivity contribution is 7.90. The van der Waals surface area contributed by atoms with Crippen molar-refractivity contribution in [3.8, 4) is 0 Å². The molecule has 0 amide bonds. The summed E-state index contributed by atoms with van der Waals surface area (Å²) in [5, 5.41) is 0. The van der Waals surface area contributed by atoms with Crippen LogP contribution in [0, 0.1) is 11.6 Å². The van der Waals surface area contributed by atoms with Crippen LogP contribution in [-0.4, -0.2) is 14.7 Å². The molecule has 5 heteroatoms. The lowest BCUT2D eigenvalue weighted by Gasteiger charge is -2.10. The van der Waals surface area contributed by atoms with Crippen LogP contribution < -0.4 is 0 Å². The van der Waals surface area contributed by atoms with Gasteiger partial charge >= 0.3 is 0 Å². The molecule has 0 aliphatic rings. The zero-order valence-electron chi connectivity index (χ0n) is 12.5. The Labute approximate surface area is 129 Å². The van der Waals surface area contributed by atoms with Crippen LogP contribution in [0.5, 0.6) is 0 Å². The van der Waals surface area contributed by atoms with Gasteiger partial charge in [0.05, 0.1) is 4.90 Å². The topological polar surface area (TPSA) is 34.1 Å². The molecule has 0 fully saturated rings. The zero-order chi connectivity index (χ0) is 16.5. The summed E-state index contributed by atoms with van der Waals surface area (Å²) in [6.45, 7) is 3.67. The Morgan fingerprint density at radius 1 is 0.818 bits per heavy atom. The van der Waals surface area contributed by atoms with Gasteiger partial charge < -0.3 is 0 Å². The van der Waals surface area contributed by atoms with Gasteiger partial charge in [-0.15, -0.1) is 0 Å². The number of halogens is 2. The van der Waals surface area contributed by atoms with Crippen molar-refractivity contribution in [1.82, 2.24) is 0 Å². The van der Waals surface area contributed by atoms with Crippen LogP contribution >= 0.6 is 0 Å². The van der Waals surface area contributed by atoms with E-state index in [1.165, 1.54) is 18.2 Å². The quantitative estimate of drug-likeness (QED) is 0.789. The summed E-state index contributed by atoms with van der Waals surface area (Å²) in [7, 11) is -3.24. The molecule has 0 spiro atoms. The van der Waals surface area contributed by atoms with E-state index in [9.17, 15) is 17.2 Å². The molecule has 2 aromatic carbocycles. The van der Waals surface area contributed by atoms with Gasteiger partial charge in [-0.1, -0.05) is 18.2 Å². The first-order valence-electron chi connectivity index (χ1n) is 6.63. The second-order valence-electron chi connectivity index (χ2n) is 5.18. The average molecular weight is 322 g/mol. The van der Waals surface area contributed by atoms with E-state index >= 15 is 0 Å². The molecular formula is C17H16F2O2S. The number of sulfone groups is 1. The van der Waals surface area contributed by atoms with Crippen LogP contribution in [0.15, 0.2) is 47.4 Å². The Bertz CT molecular complexity index is 835. The molecule has 0 aromatic heterocycles. The summed E-state index contributed by atoms with van der Waals surface area (Å²) in [6.07, 6.45) is 1.15. The van der Waals surface area contributed by atoms with Crippen molar-refractivity contribution in [2.45, 2.75) is 18.7 Å². The van der Waals surface area contributed by atoms with E-state index in [1.807, 2.05) is 13.8 Å². The number of hydrogen-bond acceptors (Lipinski definition) is 2. The summed E-state index contributed by atoms with van der Waals surface area (Å²) in [4.78, 5) is 0.245. The summed E-state index contributed by atoms with van der Waals surface area (Å²) in [5.41, 5.74) is 3.08. The van der Waals surface area contributed by atoms with Gasteiger partial charge in [-0.05, 0) is 60.4 Å². The highest BCUT2D eigenvalue weighted by Crippen LogP contribution is 2.27. The maximum atomic E-state index is 13.3. The Morgan fingerprint density at radius 3 is 1.82 bits per heavy atom. The van der Waals surface area contributed by atoms with E-state index in [2.05, 4.69) is 0 Å². The highest BCUT2D eigenvalue weighted by Gasteiger charge is 2.09. The van der Waals surface area contributed by atoms with Crippen molar-refractivity contribution in [2.24, 2.45) is 0 Å². The lowest BCUT2D eigenvalue weighted by molar-refractivity contribution is 0.508. The predicted octanol–water partition coefficient (Wildman–Crippen LogP) is 4.32. The van der Waals surface area contributed by atoms with E-state index in [-0.39, 0.29) is 4.90 Å². The number of hydrogen-bond donors (Lipinski definition) is 0. The summed E-state index contributed by atoms with van der Waals surface area (Å²) in [5.74, 6) is -1.77. The molecule has 2 nitrogen and oxygen atoms in total. The first-order valence-corrected chi connectivity index (χ1v) is 8.52. The van der Waals surface area contributed by atoms with Crippen molar-refractivity contribution in [3.05, 3.63) is 65.2 Å².